The van der Waals surface area contributed by atoms with Crippen molar-refractivity contribution in [3.63, 3.8) is 0 Å². The molecule has 4 heteroatoms. The highest BCUT2D eigenvalue weighted by Crippen LogP contribution is 2.18. The lowest BCUT2D eigenvalue weighted by atomic mass is 10.1. The maximum atomic E-state index is 11.5. The molecule has 0 fully saturated rings. The van der Waals surface area contributed by atoms with Crippen LogP contribution in [0.5, 0.6) is 0 Å². The highest BCUT2D eigenvalue weighted by Gasteiger charge is 2.13. The SMILES string of the molecule is CCCCSCCN(C=O)C(/C=C/CCC1=CNC(C)C1)CCC. The summed E-state index contributed by atoms with van der Waals surface area (Å²) in [6.07, 6.45) is 15.8. The first-order valence-corrected chi connectivity index (χ1v) is 10.8. The second-order valence-corrected chi connectivity index (χ2v) is 7.93. The third kappa shape index (κ3) is 8.81. The van der Waals surface area contributed by atoms with Gasteiger partial charge in [-0.2, -0.15) is 11.8 Å². The zero-order valence-corrected chi connectivity index (χ0v) is 16.6. The smallest absolute Gasteiger partial charge is 0.210 e. The zero-order valence-electron chi connectivity index (χ0n) is 15.8. The summed E-state index contributed by atoms with van der Waals surface area (Å²) in [5, 5.41) is 3.36. The van der Waals surface area contributed by atoms with Gasteiger partial charge in [-0.15, -0.1) is 0 Å². The number of unbranched alkanes of at least 4 members (excludes halogenated alkanes) is 1. The number of hydrogen-bond acceptors (Lipinski definition) is 3. The van der Waals surface area contributed by atoms with Gasteiger partial charge in [0.05, 0.1) is 0 Å². The van der Waals surface area contributed by atoms with Gasteiger partial charge in [0.25, 0.3) is 0 Å². The zero-order chi connectivity index (χ0) is 17.6. The Bertz CT molecular complexity index is 395. The Labute approximate surface area is 153 Å². The second-order valence-electron chi connectivity index (χ2n) is 6.71. The van der Waals surface area contributed by atoms with Crippen LogP contribution in [-0.4, -0.2) is 41.4 Å². The van der Waals surface area contributed by atoms with Crippen LogP contribution in [0.2, 0.25) is 0 Å². The molecule has 1 heterocycles. The molecular formula is C20H36N2OS. The highest BCUT2D eigenvalue weighted by molar-refractivity contribution is 7.99. The standard InChI is InChI=1S/C20H36N2OS/c1-4-6-13-24-14-12-22(17-23)20(9-5-2)11-8-7-10-19-15-18(3)21-16-19/h8,11,16-18,20-21H,4-7,9-10,12-15H2,1-3H3/b11-8+. The molecule has 2 atom stereocenters. The number of carbonyl (C=O) groups is 1. The average Bonchev–Trinajstić information content (AvgIpc) is 2.99. The summed E-state index contributed by atoms with van der Waals surface area (Å²) in [6, 6.07) is 0.849. The number of carbonyl (C=O) groups excluding carboxylic acids is 1. The lowest BCUT2D eigenvalue weighted by molar-refractivity contribution is -0.119. The largest absolute Gasteiger partial charge is 0.388 e. The van der Waals surface area contributed by atoms with Gasteiger partial charge in [-0.25, -0.2) is 0 Å². The summed E-state index contributed by atoms with van der Waals surface area (Å²) in [7, 11) is 0. The van der Waals surface area contributed by atoms with Gasteiger partial charge >= 0.3 is 0 Å². The molecule has 1 aliphatic rings. The van der Waals surface area contributed by atoms with Crippen molar-refractivity contribution < 1.29 is 4.79 Å². The van der Waals surface area contributed by atoms with E-state index in [0.717, 1.165) is 44.4 Å². The molecule has 2 unspecified atom stereocenters. The van der Waals surface area contributed by atoms with E-state index in [2.05, 4.69) is 44.4 Å². The van der Waals surface area contributed by atoms with E-state index in [1.54, 1.807) is 0 Å². The minimum atomic E-state index is 0.258. The Morgan fingerprint density at radius 2 is 2.21 bits per heavy atom. The Morgan fingerprint density at radius 1 is 1.38 bits per heavy atom. The molecule has 0 aromatic carbocycles. The summed E-state index contributed by atoms with van der Waals surface area (Å²) >= 11 is 1.96. The van der Waals surface area contributed by atoms with Crippen LogP contribution >= 0.6 is 11.8 Å². The molecule has 1 amide bonds. The summed E-state index contributed by atoms with van der Waals surface area (Å²) in [5.41, 5.74) is 1.51. The van der Waals surface area contributed by atoms with Crippen molar-refractivity contribution in [1.82, 2.24) is 10.2 Å². The lowest BCUT2D eigenvalue weighted by Gasteiger charge is -2.25. The minimum absolute atomic E-state index is 0.258. The van der Waals surface area contributed by atoms with E-state index in [4.69, 9.17) is 0 Å². The summed E-state index contributed by atoms with van der Waals surface area (Å²) in [5.74, 6) is 2.25. The third-order valence-electron chi connectivity index (χ3n) is 4.41. The fourth-order valence-electron chi connectivity index (χ4n) is 2.95. The first-order chi connectivity index (χ1) is 11.7. The number of allylic oxidation sites excluding steroid dienone is 1. The first kappa shape index (κ1) is 21.1. The topological polar surface area (TPSA) is 32.3 Å². The van der Waals surface area contributed by atoms with Gasteiger partial charge < -0.3 is 10.2 Å². The quantitative estimate of drug-likeness (QED) is 0.278. The number of hydrogen-bond donors (Lipinski definition) is 1. The van der Waals surface area contributed by atoms with Crippen LogP contribution in [0.15, 0.2) is 23.9 Å². The monoisotopic (exact) mass is 352 g/mol. The van der Waals surface area contributed by atoms with Crippen molar-refractivity contribution in [3.05, 3.63) is 23.9 Å². The lowest BCUT2D eigenvalue weighted by Crippen LogP contribution is -2.34. The van der Waals surface area contributed by atoms with Gasteiger partial charge in [-0.3, -0.25) is 4.79 Å². The van der Waals surface area contributed by atoms with Gasteiger partial charge in [-0.1, -0.05) is 44.4 Å². The van der Waals surface area contributed by atoms with Crippen molar-refractivity contribution in [2.24, 2.45) is 0 Å². The molecular weight excluding hydrogens is 316 g/mol. The van der Waals surface area contributed by atoms with Crippen LogP contribution in [0, 0.1) is 0 Å². The molecule has 0 spiro atoms. The average molecular weight is 353 g/mol. The van der Waals surface area contributed by atoms with Crippen molar-refractivity contribution >= 4 is 18.2 Å². The van der Waals surface area contributed by atoms with E-state index in [9.17, 15) is 4.79 Å². The van der Waals surface area contributed by atoms with E-state index in [-0.39, 0.29) is 6.04 Å². The number of thioether (sulfide) groups is 1. The third-order valence-corrected chi connectivity index (χ3v) is 5.46. The fraction of sp³-hybridized carbons (Fsp3) is 0.750. The van der Waals surface area contributed by atoms with Gasteiger partial charge in [0.2, 0.25) is 6.41 Å². The van der Waals surface area contributed by atoms with Gasteiger partial charge in [-0.05, 0) is 51.0 Å². The van der Waals surface area contributed by atoms with Gasteiger partial charge in [0.1, 0.15) is 0 Å². The summed E-state index contributed by atoms with van der Waals surface area (Å²) in [6.45, 7) is 7.49. The maximum Gasteiger partial charge on any atom is 0.210 e. The van der Waals surface area contributed by atoms with E-state index in [1.165, 1.54) is 30.6 Å². The Hall–Kier alpha value is -0.900. The van der Waals surface area contributed by atoms with Crippen LogP contribution < -0.4 is 5.32 Å². The predicted molar refractivity (Wildman–Crippen MR) is 107 cm³/mol. The van der Waals surface area contributed by atoms with Crippen molar-refractivity contribution in [2.75, 3.05) is 18.1 Å². The molecule has 24 heavy (non-hydrogen) atoms. The molecule has 1 N–H and O–H groups in total. The van der Waals surface area contributed by atoms with Crippen LogP contribution in [0.4, 0.5) is 0 Å². The van der Waals surface area contributed by atoms with Crippen LogP contribution in [-0.2, 0) is 4.79 Å². The van der Waals surface area contributed by atoms with Crippen molar-refractivity contribution in [1.29, 1.82) is 0 Å². The molecule has 0 bridgehead atoms. The normalized spacial score (nSPS) is 18.5. The highest BCUT2D eigenvalue weighted by atomic mass is 32.2. The van der Waals surface area contributed by atoms with Gasteiger partial charge in [0.15, 0.2) is 0 Å². The van der Waals surface area contributed by atoms with Gasteiger partial charge in [0, 0.05) is 24.4 Å². The van der Waals surface area contributed by atoms with E-state index in [0.29, 0.717) is 6.04 Å². The summed E-state index contributed by atoms with van der Waals surface area (Å²) < 4.78 is 0. The Morgan fingerprint density at radius 3 is 2.83 bits per heavy atom. The molecule has 0 aliphatic carbocycles. The molecule has 3 nitrogen and oxygen atoms in total. The first-order valence-electron chi connectivity index (χ1n) is 9.60. The van der Waals surface area contributed by atoms with Crippen molar-refractivity contribution in [3.8, 4) is 0 Å². The van der Waals surface area contributed by atoms with Crippen LogP contribution in [0.3, 0.4) is 0 Å². The predicted octanol–water partition coefficient (Wildman–Crippen LogP) is 4.75. The molecule has 1 rings (SSSR count). The molecule has 0 saturated carbocycles. The molecule has 0 saturated heterocycles. The van der Waals surface area contributed by atoms with Crippen molar-refractivity contribution in [2.45, 2.75) is 77.8 Å². The van der Waals surface area contributed by atoms with E-state index < -0.39 is 0 Å². The molecule has 1 aliphatic heterocycles. The minimum Gasteiger partial charge on any atom is -0.388 e. The molecule has 0 aromatic rings. The Kier molecular flexibility index (Phi) is 11.8. The molecule has 138 valence electrons. The number of amides is 1. The van der Waals surface area contributed by atoms with E-state index in [1.807, 2.05) is 16.7 Å². The maximum absolute atomic E-state index is 11.5. The molecule has 0 aromatic heterocycles. The van der Waals surface area contributed by atoms with Crippen LogP contribution in [0.1, 0.15) is 65.7 Å². The number of nitrogens with one attached hydrogen (secondary N) is 1. The Balaban J connectivity index is 2.35. The second kappa shape index (κ2) is 13.4. The van der Waals surface area contributed by atoms with E-state index >= 15 is 0 Å². The van der Waals surface area contributed by atoms with Crippen LogP contribution in [0.25, 0.3) is 0 Å². The number of nitrogens with zero attached hydrogens (tertiary/aromatic N) is 1. The summed E-state index contributed by atoms with van der Waals surface area (Å²) in [4.78, 5) is 13.5. The number of rotatable bonds is 14. The molecule has 0 radical (unpaired) electrons. The fourth-order valence-corrected chi connectivity index (χ4v) is 3.99.